The van der Waals surface area contributed by atoms with E-state index in [1.54, 1.807) is 0 Å². The Morgan fingerprint density at radius 2 is 1.86 bits per heavy atom. The SMILES string of the molecule is Cc1ccc(Cl)cc1N1CCN(CC(=O)N(C2CC2)[C@H]2CCS(=O)(=O)C2)CC1. The summed E-state index contributed by atoms with van der Waals surface area (Å²) in [5, 5.41) is 0.741. The normalized spacial score (nSPS) is 25.1. The van der Waals surface area contributed by atoms with Crippen LogP contribution in [0.3, 0.4) is 0 Å². The molecule has 2 heterocycles. The predicted octanol–water partition coefficient (Wildman–Crippen LogP) is 1.95. The molecule has 28 heavy (non-hydrogen) atoms. The number of carbonyl (C=O) groups is 1. The van der Waals surface area contributed by atoms with E-state index in [0.29, 0.717) is 13.0 Å². The van der Waals surface area contributed by atoms with Crippen molar-refractivity contribution in [1.82, 2.24) is 9.80 Å². The maximum Gasteiger partial charge on any atom is 0.237 e. The average molecular weight is 426 g/mol. The molecule has 4 rings (SSSR count). The number of hydrogen-bond acceptors (Lipinski definition) is 5. The number of carbonyl (C=O) groups excluding carboxylic acids is 1. The zero-order valence-electron chi connectivity index (χ0n) is 16.3. The molecular weight excluding hydrogens is 398 g/mol. The molecule has 6 nitrogen and oxygen atoms in total. The zero-order chi connectivity index (χ0) is 19.9. The van der Waals surface area contributed by atoms with Gasteiger partial charge in [0, 0.05) is 49.0 Å². The fourth-order valence-electron chi connectivity index (χ4n) is 4.40. The topological polar surface area (TPSA) is 60.9 Å². The number of amides is 1. The van der Waals surface area contributed by atoms with E-state index in [1.165, 1.54) is 5.56 Å². The van der Waals surface area contributed by atoms with Crippen molar-refractivity contribution in [1.29, 1.82) is 0 Å². The van der Waals surface area contributed by atoms with Crippen LogP contribution in [0.4, 0.5) is 5.69 Å². The van der Waals surface area contributed by atoms with Gasteiger partial charge in [-0.3, -0.25) is 9.69 Å². The number of sulfone groups is 1. The van der Waals surface area contributed by atoms with Gasteiger partial charge in [0.05, 0.1) is 18.1 Å². The van der Waals surface area contributed by atoms with E-state index < -0.39 is 9.84 Å². The van der Waals surface area contributed by atoms with Gasteiger partial charge in [-0.15, -0.1) is 0 Å². The van der Waals surface area contributed by atoms with Crippen LogP contribution in [-0.4, -0.2) is 80.4 Å². The molecule has 0 N–H and O–H groups in total. The summed E-state index contributed by atoms with van der Waals surface area (Å²) in [6.07, 6.45) is 2.60. The van der Waals surface area contributed by atoms with Gasteiger partial charge in [0.1, 0.15) is 0 Å². The molecule has 3 aliphatic rings. The largest absolute Gasteiger partial charge is 0.369 e. The maximum absolute atomic E-state index is 13.0. The van der Waals surface area contributed by atoms with Crippen LogP contribution in [0.15, 0.2) is 18.2 Å². The molecule has 8 heteroatoms. The Balaban J connectivity index is 1.35. The van der Waals surface area contributed by atoms with Crippen molar-refractivity contribution < 1.29 is 13.2 Å². The second-order valence-electron chi connectivity index (χ2n) is 8.28. The third kappa shape index (κ3) is 4.47. The third-order valence-electron chi connectivity index (χ3n) is 6.07. The molecule has 154 valence electrons. The Bertz CT molecular complexity index is 848. The van der Waals surface area contributed by atoms with Gasteiger partial charge in [-0.1, -0.05) is 17.7 Å². The van der Waals surface area contributed by atoms with Crippen LogP contribution in [0.2, 0.25) is 5.02 Å². The minimum Gasteiger partial charge on any atom is -0.369 e. The van der Waals surface area contributed by atoms with E-state index in [4.69, 9.17) is 11.6 Å². The number of hydrogen-bond donors (Lipinski definition) is 0. The van der Waals surface area contributed by atoms with E-state index in [2.05, 4.69) is 16.7 Å². The summed E-state index contributed by atoms with van der Waals surface area (Å²) < 4.78 is 23.7. The van der Waals surface area contributed by atoms with E-state index in [9.17, 15) is 13.2 Å². The van der Waals surface area contributed by atoms with Gasteiger partial charge >= 0.3 is 0 Å². The summed E-state index contributed by atoms with van der Waals surface area (Å²) in [5.41, 5.74) is 2.37. The first-order valence-corrected chi connectivity index (χ1v) is 12.3. The van der Waals surface area contributed by atoms with Crippen molar-refractivity contribution >= 4 is 33.0 Å². The summed E-state index contributed by atoms with van der Waals surface area (Å²) in [6.45, 7) is 5.82. The van der Waals surface area contributed by atoms with Crippen LogP contribution in [-0.2, 0) is 14.6 Å². The molecule has 2 saturated heterocycles. The molecule has 0 unspecified atom stereocenters. The molecule has 1 amide bonds. The lowest BCUT2D eigenvalue weighted by molar-refractivity contribution is -0.135. The Morgan fingerprint density at radius 3 is 2.46 bits per heavy atom. The van der Waals surface area contributed by atoms with Gasteiger partial charge in [0.15, 0.2) is 9.84 Å². The van der Waals surface area contributed by atoms with Crippen LogP contribution in [0.1, 0.15) is 24.8 Å². The lowest BCUT2D eigenvalue weighted by Gasteiger charge is -2.38. The molecule has 2 aliphatic heterocycles. The van der Waals surface area contributed by atoms with Gasteiger partial charge in [-0.05, 0) is 43.9 Å². The number of rotatable bonds is 5. The highest BCUT2D eigenvalue weighted by Crippen LogP contribution is 2.32. The highest BCUT2D eigenvalue weighted by molar-refractivity contribution is 7.91. The number of nitrogens with zero attached hydrogens (tertiary/aromatic N) is 3. The Morgan fingerprint density at radius 1 is 1.14 bits per heavy atom. The number of anilines is 1. The van der Waals surface area contributed by atoms with Crippen LogP contribution < -0.4 is 4.90 Å². The number of halogens is 1. The molecule has 1 aromatic rings. The molecule has 1 aliphatic carbocycles. The summed E-state index contributed by atoms with van der Waals surface area (Å²) in [4.78, 5) is 19.4. The van der Waals surface area contributed by atoms with Crippen molar-refractivity contribution in [2.75, 3.05) is 49.1 Å². The fraction of sp³-hybridized carbons (Fsp3) is 0.650. The predicted molar refractivity (Wildman–Crippen MR) is 112 cm³/mol. The lowest BCUT2D eigenvalue weighted by atomic mass is 10.1. The van der Waals surface area contributed by atoms with Gasteiger partial charge in [-0.25, -0.2) is 8.42 Å². The van der Waals surface area contributed by atoms with Gasteiger partial charge in [-0.2, -0.15) is 0 Å². The lowest BCUT2D eigenvalue weighted by Crippen LogP contribution is -2.52. The average Bonchev–Trinajstić information content (AvgIpc) is 3.41. The third-order valence-corrected chi connectivity index (χ3v) is 8.06. The summed E-state index contributed by atoms with van der Waals surface area (Å²) in [6, 6.07) is 6.08. The summed E-state index contributed by atoms with van der Waals surface area (Å²) in [5.74, 6) is 0.445. The van der Waals surface area contributed by atoms with Gasteiger partial charge in [0.2, 0.25) is 5.91 Å². The molecule has 1 aromatic carbocycles. The second kappa shape index (κ2) is 7.84. The Hall–Kier alpha value is -1.31. The summed E-state index contributed by atoms with van der Waals surface area (Å²) in [7, 11) is -2.98. The molecule has 3 fully saturated rings. The fourth-order valence-corrected chi connectivity index (χ4v) is 6.27. The number of piperazine rings is 1. The number of benzene rings is 1. The van der Waals surface area contributed by atoms with E-state index in [1.807, 2.05) is 23.1 Å². The Labute approximate surface area is 172 Å². The van der Waals surface area contributed by atoms with E-state index in [-0.39, 0.29) is 29.5 Å². The van der Waals surface area contributed by atoms with Gasteiger partial charge in [0.25, 0.3) is 0 Å². The zero-order valence-corrected chi connectivity index (χ0v) is 17.9. The molecule has 0 radical (unpaired) electrons. The highest BCUT2D eigenvalue weighted by atomic mass is 35.5. The molecular formula is C20H28ClN3O3S. The van der Waals surface area contributed by atoms with Crippen molar-refractivity contribution in [2.24, 2.45) is 0 Å². The first kappa shape index (κ1) is 20.0. The molecule has 0 spiro atoms. The maximum atomic E-state index is 13.0. The van der Waals surface area contributed by atoms with Crippen LogP contribution in [0.5, 0.6) is 0 Å². The molecule has 1 saturated carbocycles. The highest BCUT2D eigenvalue weighted by Gasteiger charge is 2.42. The first-order valence-electron chi connectivity index (χ1n) is 10.1. The van der Waals surface area contributed by atoms with E-state index >= 15 is 0 Å². The number of aryl methyl sites for hydroxylation is 1. The van der Waals surface area contributed by atoms with Crippen molar-refractivity contribution in [2.45, 2.75) is 38.3 Å². The van der Waals surface area contributed by atoms with Crippen molar-refractivity contribution in [3.8, 4) is 0 Å². The summed E-state index contributed by atoms with van der Waals surface area (Å²) >= 11 is 6.16. The van der Waals surface area contributed by atoms with Crippen LogP contribution in [0, 0.1) is 6.92 Å². The van der Waals surface area contributed by atoms with Crippen molar-refractivity contribution in [3.63, 3.8) is 0 Å². The van der Waals surface area contributed by atoms with Crippen LogP contribution >= 0.6 is 11.6 Å². The minimum atomic E-state index is -2.98. The smallest absolute Gasteiger partial charge is 0.237 e. The van der Waals surface area contributed by atoms with Gasteiger partial charge < -0.3 is 9.80 Å². The van der Waals surface area contributed by atoms with E-state index in [0.717, 1.165) is 49.7 Å². The molecule has 0 bridgehead atoms. The minimum absolute atomic E-state index is 0.0944. The standard InChI is InChI=1S/C20H28ClN3O3S/c1-15-2-3-16(21)12-19(15)23-9-7-22(8-10-23)13-20(25)24(17-4-5-17)18-6-11-28(26,27)14-18/h2-3,12,17-18H,4-11,13-14H2,1H3/t18-/m0/s1. The van der Waals surface area contributed by atoms with Crippen molar-refractivity contribution in [3.05, 3.63) is 28.8 Å². The molecule has 0 aromatic heterocycles. The Kier molecular flexibility index (Phi) is 5.60. The second-order valence-corrected chi connectivity index (χ2v) is 10.9. The monoisotopic (exact) mass is 425 g/mol. The first-order chi connectivity index (χ1) is 13.3. The molecule has 1 atom stereocenters. The quantitative estimate of drug-likeness (QED) is 0.721. The van der Waals surface area contributed by atoms with Crippen LogP contribution in [0.25, 0.3) is 0 Å².